The predicted octanol–water partition coefficient (Wildman–Crippen LogP) is 7.22. The van der Waals surface area contributed by atoms with Crippen molar-refractivity contribution in [2.24, 2.45) is 0 Å². The number of nitrogens with one attached hydrogen (secondary N) is 1. The number of para-hydroxylation sites is 1. The molecule has 0 aliphatic rings. The monoisotopic (exact) mass is 679 g/mol. The van der Waals surface area contributed by atoms with Crippen LogP contribution in [0.2, 0.25) is 10.0 Å². The number of sulfonamides is 1. The smallest absolute Gasteiger partial charge is 0.264 e. The molecule has 0 heterocycles. The van der Waals surface area contributed by atoms with Crippen LogP contribution in [0, 0.1) is 6.92 Å². The molecule has 4 rings (SSSR count). The van der Waals surface area contributed by atoms with Gasteiger partial charge in [-0.15, -0.1) is 0 Å². The third-order valence-corrected chi connectivity index (χ3v) is 10.1. The molecule has 0 fully saturated rings. The van der Waals surface area contributed by atoms with E-state index in [1.807, 2.05) is 70.2 Å². The first-order valence-electron chi connectivity index (χ1n) is 15.2. The van der Waals surface area contributed by atoms with Gasteiger partial charge in [-0.05, 0) is 74.2 Å². The molecule has 0 aliphatic heterocycles. The van der Waals surface area contributed by atoms with E-state index in [2.05, 4.69) is 5.32 Å². The number of halogens is 2. The molecule has 46 heavy (non-hydrogen) atoms. The second-order valence-electron chi connectivity index (χ2n) is 11.4. The van der Waals surface area contributed by atoms with E-state index < -0.39 is 28.5 Å². The maximum atomic E-state index is 14.6. The highest BCUT2D eigenvalue weighted by atomic mass is 35.5. The number of hydrogen-bond acceptors (Lipinski definition) is 4. The lowest BCUT2D eigenvalue weighted by molar-refractivity contribution is -0.140. The Labute approximate surface area is 282 Å². The van der Waals surface area contributed by atoms with Gasteiger partial charge in [0.25, 0.3) is 10.0 Å². The van der Waals surface area contributed by atoms with Gasteiger partial charge in [0.2, 0.25) is 11.8 Å². The summed E-state index contributed by atoms with van der Waals surface area (Å²) in [6.07, 6.45) is 0.757. The summed E-state index contributed by atoms with van der Waals surface area (Å²) in [5.41, 5.74) is 3.56. The lowest BCUT2D eigenvalue weighted by Crippen LogP contribution is -2.54. The molecule has 0 unspecified atom stereocenters. The normalized spacial score (nSPS) is 12.1. The molecule has 7 nitrogen and oxygen atoms in total. The summed E-state index contributed by atoms with van der Waals surface area (Å²) < 4.78 is 29.7. The van der Waals surface area contributed by atoms with Gasteiger partial charge in [0.1, 0.15) is 12.6 Å². The first-order valence-corrected chi connectivity index (χ1v) is 17.3. The van der Waals surface area contributed by atoms with Crippen molar-refractivity contribution in [2.45, 2.75) is 64.1 Å². The van der Waals surface area contributed by atoms with E-state index in [1.165, 1.54) is 4.90 Å². The average Bonchev–Trinajstić information content (AvgIpc) is 3.03. The molecule has 242 valence electrons. The number of amides is 2. The van der Waals surface area contributed by atoms with Gasteiger partial charge < -0.3 is 10.2 Å². The molecule has 1 N–H and O–H groups in total. The molecule has 0 saturated heterocycles. The molecule has 2 amide bonds. The number of carbonyl (C=O) groups is 2. The van der Waals surface area contributed by atoms with Crippen molar-refractivity contribution in [3.63, 3.8) is 0 Å². The Morgan fingerprint density at radius 1 is 0.826 bits per heavy atom. The fourth-order valence-corrected chi connectivity index (χ4v) is 6.95. The first kappa shape index (κ1) is 35.0. The Morgan fingerprint density at radius 3 is 2.11 bits per heavy atom. The minimum absolute atomic E-state index is 0.00736. The first-order chi connectivity index (χ1) is 21.9. The number of nitrogens with zero attached hydrogens (tertiary/aromatic N) is 2. The van der Waals surface area contributed by atoms with Crippen LogP contribution < -0.4 is 9.62 Å². The molecular weight excluding hydrogens is 641 g/mol. The molecule has 10 heteroatoms. The highest BCUT2D eigenvalue weighted by Gasteiger charge is 2.35. The van der Waals surface area contributed by atoms with Crippen LogP contribution >= 0.6 is 23.2 Å². The molecular formula is C36H39Cl2N3O4S. The van der Waals surface area contributed by atoms with Crippen LogP contribution in [0.3, 0.4) is 0 Å². The van der Waals surface area contributed by atoms with Crippen molar-refractivity contribution in [2.75, 3.05) is 10.8 Å². The van der Waals surface area contributed by atoms with Crippen LogP contribution in [0.5, 0.6) is 0 Å². The summed E-state index contributed by atoms with van der Waals surface area (Å²) in [6.45, 7) is 6.96. The van der Waals surface area contributed by atoms with Crippen molar-refractivity contribution >= 4 is 50.7 Å². The maximum absolute atomic E-state index is 14.6. The van der Waals surface area contributed by atoms with Crippen molar-refractivity contribution < 1.29 is 18.0 Å². The molecule has 4 aromatic carbocycles. The van der Waals surface area contributed by atoms with Crippen molar-refractivity contribution in [3.8, 4) is 0 Å². The molecule has 1 atom stereocenters. The zero-order valence-electron chi connectivity index (χ0n) is 26.4. The van der Waals surface area contributed by atoms with Gasteiger partial charge in [-0.1, -0.05) is 102 Å². The van der Waals surface area contributed by atoms with E-state index in [9.17, 15) is 18.0 Å². The van der Waals surface area contributed by atoms with E-state index >= 15 is 0 Å². The van der Waals surface area contributed by atoms with E-state index in [1.54, 1.807) is 54.6 Å². The van der Waals surface area contributed by atoms with Crippen molar-refractivity contribution in [1.82, 2.24) is 10.2 Å². The summed E-state index contributed by atoms with van der Waals surface area (Å²) in [6, 6.07) is 26.9. The third kappa shape index (κ3) is 8.69. The van der Waals surface area contributed by atoms with Crippen LogP contribution in [0.1, 0.15) is 43.0 Å². The van der Waals surface area contributed by atoms with Crippen LogP contribution in [0.25, 0.3) is 0 Å². The zero-order chi connectivity index (χ0) is 33.4. The Kier molecular flexibility index (Phi) is 11.9. The topological polar surface area (TPSA) is 86.8 Å². The number of benzene rings is 4. The van der Waals surface area contributed by atoms with Gasteiger partial charge >= 0.3 is 0 Å². The minimum Gasteiger partial charge on any atom is -0.352 e. The van der Waals surface area contributed by atoms with Gasteiger partial charge in [-0.25, -0.2) is 8.42 Å². The van der Waals surface area contributed by atoms with Gasteiger partial charge in [0, 0.05) is 19.0 Å². The van der Waals surface area contributed by atoms with Crippen LogP contribution in [0.15, 0.2) is 102 Å². The third-order valence-electron chi connectivity index (χ3n) is 7.57. The Hall–Kier alpha value is -3.85. The maximum Gasteiger partial charge on any atom is 0.264 e. The van der Waals surface area contributed by atoms with E-state index in [4.69, 9.17) is 23.2 Å². The molecule has 0 saturated carbocycles. The summed E-state index contributed by atoms with van der Waals surface area (Å²) in [4.78, 5) is 30.0. The van der Waals surface area contributed by atoms with E-state index in [-0.39, 0.29) is 29.8 Å². The van der Waals surface area contributed by atoms with Crippen molar-refractivity contribution in [1.29, 1.82) is 0 Å². The lowest BCUT2D eigenvalue weighted by Gasteiger charge is -2.34. The van der Waals surface area contributed by atoms with Gasteiger partial charge in [0.05, 0.1) is 20.6 Å². The molecule has 0 bridgehead atoms. The summed E-state index contributed by atoms with van der Waals surface area (Å²) in [5, 5.41) is 3.62. The fourth-order valence-electron chi connectivity index (χ4n) is 5.17. The number of carbonyl (C=O) groups excluding carboxylic acids is 2. The highest BCUT2D eigenvalue weighted by Crippen LogP contribution is 2.29. The fraction of sp³-hybridized carbons (Fsp3) is 0.278. The van der Waals surface area contributed by atoms with Crippen LogP contribution in [-0.4, -0.2) is 43.8 Å². The highest BCUT2D eigenvalue weighted by molar-refractivity contribution is 7.92. The average molecular weight is 681 g/mol. The molecule has 0 aromatic heterocycles. The minimum atomic E-state index is -4.19. The standard InChI is InChI=1S/C36H39Cl2N3O4S/c1-5-29-13-9-10-14-33(29)41(46(44,45)30-18-15-26(4)16-19-30)24-35(42)40(23-28-17-20-31(37)32(38)21-28)34(36(43)39-25(2)3)22-27-11-7-6-8-12-27/h6-21,25,34H,5,22-24H2,1-4H3,(H,39,43)/t34-/m1/s1. The van der Waals surface area contributed by atoms with E-state index in [0.717, 1.165) is 21.0 Å². The predicted molar refractivity (Wildman–Crippen MR) is 186 cm³/mol. The van der Waals surface area contributed by atoms with Crippen molar-refractivity contribution in [3.05, 3.63) is 129 Å². The number of aryl methyl sites for hydroxylation is 2. The Bertz CT molecular complexity index is 1760. The number of hydrogen-bond donors (Lipinski definition) is 1. The molecule has 0 radical (unpaired) electrons. The van der Waals surface area contributed by atoms with Gasteiger partial charge in [0.15, 0.2) is 0 Å². The molecule has 4 aromatic rings. The number of rotatable bonds is 13. The molecule has 0 aliphatic carbocycles. The molecule has 0 spiro atoms. The zero-order valence-corrected chi connectivity index (χ0v) is 28.7. The lowest BCUT2D eigenvalue weighted by atomic mass is 10.0. The van der Waals surface area contributed by atoms with Gasteiger partial charge in [-0.3, -0.25) is 13.9 Å². The summed E-state index contributed by atoms with van der Waals surface area (Å²) in [5.74, 6) is -0.901. The number of anilines is 1. The van der Waals surface area contributed by atoms with Crippen LogP contribution in [0.4, 0.5) is 5.69 Å². The summed E-state index contributed by atoms with van der Waals surface area (Å²) in [7, 11) is -4.19. The Balaban J connectivity index is 1.84. The summed E-state index contributed by atoms with van der Waals surface area (Å²) >= 11 is 12.5. The van der Waals surface area contributed by atoms with E-state index in [0.29, 0.717) is 27.7 Å². The second kappa shape index (κ2) is 15.6. The van der Waals surface area contributed by atoms with Gasteiger partial charge in [-0.2, -0.15) is 0 Å². The van der Waals surface area contributed by atoms with Crippen LogP contribution in [-0.2, 0) is 39.0 Å². The second-order valence-corrected chi connectivity index (χ2v) is 14.1. The quantitative estimate of drug-likeness (QED) is 0.162. The SMILES string of the molecule is CCc1ccccc1N(CC(=O)N(Cc1ccc(Cl)c(Cl)c1)[C@H](Cc1ccccc1)C(=O)NC(C)C)S(=O)(=O)c1ccc(C)cc1. The largest absolute Gasteiger partial charge is 0.352 e. The Morgan fingerprint density at radius 2 is 1.48 bits per heavy atom.